The Morgan fingerprint density at radius 2 is 2.00 bits per heavy atom. The van der Waals surface area contributed by atoms with E-state index in [1.807, 2.05) is 54.7 Å². The number of carbonyl (C=O) groups excluding carboxylic acids is 1. The Hall–Kier alpha value is -2.83. The number of hydrogen-bond donors (Lipinski definition) is 0. The van der Waals surface area contributed by atoms with E-state index < -0.39 is 0 Å². The van der Waals surface area contributed by atoms with E-state index in [4.69, 9.17) is 16.3 Å². The number of methoxy groups -OCH3 is 1. The van der Waals surface area contributed by atoms with Gasteiger partial charge in [-0.25, -0.2) is 4.98 Å². The molecule has 2 aromatic carbocycles. The number of fused-ring (bicyclic) bond motifs is 1. The standard InChI is InChI=1S/C21H18ClN3O2S/c1-24(20(26)14-5-10-19-18(12-14)23-21(22)28-19)13-16-4-3-11-25(16)15-6-8-17(27-2)9-7-15/h3-12H,13H2,1-2H3. The average Bonchev–Trinajstić information content (AvgIpc) is 3.32. The van der Waals surface area contributed by atoms with Crippen molar-refractivity contribution in [3.63, 3.8) is 0 Å². The van der Waals surface area contributed by atoms with Crippen LogP contribution < -0.4 is 4.74 Å². The van der Waals surface area contributed by atoms with Crippen molar-refractivity contribution >= 4 is 39.1 Å². The van der Waals surface area contributed by atoms with Gasteiger partial charge in [-0.15, -0.1) is 11.3 Å². The third-order valence-corrected chi connectivity index (χ3v) is 5.68. The molecule has 0 saturated carbocycles. The number of hydrogen-bond acceptors (Lipinski definition) is 4. The molecule has 2 aromatic heterocycles. The van der Waals surface area contributed by atoms with Gasteiger partial charge in [-0.3, -0.25) is 4.79 Å². The molecule has 4 rings (SSSR count). The van der Waals surface area contributed by atoms with Gasteiger partial charge in [0.05, 0.1) is 23.9 Å². The molecule has 0 N–H and O–H groups in total. The van der Waals surface area contributed by atoms with Gasteiger partial charge in [0.15, 0.2) is 4.47 Å². The molecule has 4 aromatic rings. The first-order valence-corrected chi connectivity index (χ1v) is 9.87. The molecule has 0 radical (unpaired) electrons. The van der Waals surface area contributed by atoms with Crippen molar-refractivity contribution in [1.82, 2.24) is 14.5 Å². The summed E-state index contributed by atoms with van der Waals surface area (Å²) in [5.74, 6) is 0.746. The minimum absolute atomic E-state index is 0.0616. The second-order valence-electron chi connectivity index (χ2n) is 6.38. The summed E-state index contributed by atoms with van der Waals surface area (Å²) in [7, 11) is 3.44. The predicted molar refractivity (Wildman–Crippen MR) is 113 cm³/mol. The highest BCUT2D eigenvalue weighted by Gasteiger charge is 2.15. The molecule has 1 amide bonds. The summed E-state index contributed by atoms with van der Waals surface area (Å²) in [5, 5.41) is 0. The van der Waals surface area contributed by atoms with Crippen LogP contribution in [0.25, 0.3) is 15.9 Å². The SMILES string of the molecule is COc1ccc(-n2cccc2CN(C)C(=O)c2ccc3sc(Cl)nc3c2)cc1. The Bertz CT molecular complexity index is 1130. The lowest BCUT2D eigenvalue weighted by atomic mass is 10.2. The second-order valence-corrected chi connectivity index (χ2v) is 7.99. The summed E-state index contributed by atoms with van der Waals surface area (Å²) < 4.78 is 8.73. The Kier molecular flexibility index (Phi) is 5.07. The van der Waals surface area contributed by atoms with Crippen LogP contribution in [0.5, 0.6) is 5.75 Å². The van der Waals surface area contributed by atoms with E-state index in [2.05, 4.69) is 9.55 Å². The highest BCUT2D eigenvalue weighted by molar-refractivity contribution is 7.22. The fraction of sp³-hybridized carbons (Fsp3) is 0.143. The maximum atomic E-state index is 12.9. The molecule has 0 saturated heterocycles. The zero-order valence-electron chi connectivity index (χ0n) is 15.4. The van der Waals surface area contributed by atoms with Gasteiger partial charge in [0.2, 0.25) is 0 Å². The monoisotopic (exact) mass is 411 g/mol. The molecule has 0 unspecified atom stereocenters. The van der Waals surface area contributed by atoms with Gasteiger partial charge in [-0.2, -0.15) is 0 Å². The van der Waals surface area contributed by atoms with Crippen LogP contribution in [-0.2, 0) is 6.54 Å². The molecule has 7 heteroatoms. The van der Waals surface area contributed by atoms with E-state index in [-0.39, 0.29) is 5.91 Å². The molecule has 5 nitrogen and oxygen atoms in total. The van der Waals surface area contributed by atoms with E-state index >= 15 is 0 Å². The molecule has 0 fully saturated rings. The fourth-order valence-electron chi connectivity index (χ4n) is 3.11. The maximum absolute atomic E-state index is 12.9. The van der Waals surface area contributed by atoms with Gasteiger partial charge in [0.1, 0.15) is 5.75 Å². The molecule has 0 aliphatic heterocycles. The van der Waals surface area contributed by atoms with Crippen LogP contribution in [0.4, 0.5) is 0 Å². The molecule has 0 aliphatic rings. The Morgan fingerprint density at radius 1 is 1.21 bits per heavy atom. The third-order valence-electron chi connectivity index (χ3n) is 4.54. The van der Waals surface area contributed by atoms with Gasteiger partial charge in [-0.05, 0) is 54.6 Å². The van der Waals surface area contributed by atoms with Crippen molar-refractivity contribution in [2.24, 2.45) is 0 Å². The zero-order chi connectivity index (χ0) is 19.7. The smallest absolute Gasteiger partial charge is 0.254 e. The number of aromatic nitrogens is 2. The van der Waals surface area contributed by atoms with Crippen LogP contribution in [0.2, 0.25) is 4.47 Å². The van der Waals surface area contributed by atoms with Crippen LogP contribution in [0.1, 0.15) is 16.1 Å². The van der Waals surface area contributed by atoms with Crippen LogP contribution >= 0.6 is 22.9 Å². The van der Waals surface area contributed by atoms with Crippen LogP contribution in [0, 0.1) is 0 Å². The lowest BCUT2D eigenvalue weighted by Crippen LogP contribution is -2.27. The zero-order valence-corrected chi connectivity index (χ0v) is 17.0. The van der Waals surface area contributed by atoms with Crippen molar-refractivity contribution < 1.29 is 9.53 Å². The largest absolute Gasteiger partial charge is 0.497 e. The predicted octanol–water partition coefficient (Wildman–Crippen LogP) is 5.02. The summed E-state index contributed by atoms with van der Waals surface area (Å²) in [4.78, 5) is 18.9. The van der Waals surface area contributed by atoms with E-state index in [0.29, 0.717) is 16.6 Å². The summed E-state index contributed by atoms with van der Waals surface area (Å²) in [6.07, 6.45) is 1.98. The number of nitrogens with zero attached hydrogens (tertiary/aromatic N) is 3. The summed E-state index contributed by atoms with van der Waals surface area (Å²) >= 11 is 7.37. The van der Waals surface area contributed by atoms with Gasteiger partial charge >= 0.3 is 0 Å². The average molecular weight is 412 g/mol. The Morgan fingerprint density at radius 3 is 2.75 bits per heavy atom. The summed E-state index contributed by atoms with van der Waals surface area (Å²) in [6.45, 7) is 0.480. The van der Waals surface area contributed by atoms with Gasteiger partial charge in [0, 0.05) is 30.2 Å². The van der Waals surface area contributed by atoms with Crippen molar-refractivity contribution in [2.45, 2.75) is 6.54 Å². The van der Waals surface area contributed by atoms with E-state index in [1.54, 1.807) is 25.1 Å². The molecular formula is C21H18ClN3O2S. The first kappa shape index (κ1) is 18.5. The van der Waals surface area contributed by atoms with Gasteiger partial charge < -0.3 is 14.2 Å². The lowest BCUT2D eigenvalue weighted by Gasteiger charge is -2.19. The minimum atomic E-state index is -0.0616. The maximum Gasteiger partial charge on any atom is 0.254 e. The minimum Gasteiger partial charge on any atom is -0.497 e. The van der Waals surface area contributed by atoms with Gasteiger partial charge in [0.25, 0.3) is 5.91 Å². The van der Waals surface area contributed by atoms with Crippen molar-refractivity contribution in [1.29, 1.82) is 0 Å². The molecule has 142 valence electrons. The van der Waals surface area contributed by atoms with Crippen molar-refractivity contribution in [3.8, 4) is 11.4 Å². The molecule has 2 heterocycles. The number of amides is 1. The van der Waals surface area contributed by atoms with Crippen molar-refractivity contribution in [3.05, 3.63) is 76.5 Å². The quantitative estimate of drug-likeness (QED) is 0.463. The van der Waals surface area contributed by atoms with Crippen molar-refractivity contribution in [2.75, 3.05) is 14.2 Å². The van der Waals surface area contributed by atoms with E-state index in [0.717, 1.165) is 27.3 Å². The molecule has 0 aliphatic carbocycles. The topological polar surface area (TPSA) is 47.4 Å². The highest BCUT2D eigenvalue weighted by Crippen LogP contribution is 2.27. The Balaban J connectivity index is 1.55. The first-order valence-electron chi connectivity index (χ1n) is 8.67. The number of halogens is 1. The van der Waals surface area contributed by atoms with E-state index in [1.165, 1.54) is 11.3 Å². The second kappa shape index (κ2) is 7.66. The highest BCUT2D eigenvalue weighted by atomic mass is 35.5. The fourth-order valence-corrected chi connectivity index (χ4v) is 4.12. The van der Waals surface area contributed by atoms with Crippen LogP contribution in [0.3, 0.4) is 0 Å². The number of carbonyl (C=O) groups is 1. The summed E-state index contributed by atoms with van der Waals surface area (Å²) in [6, 6.07) is 17.3. The molecular weight excluding hydrogens is 394 g/mol. The Labute approximate surface area is 171 Å². The first-order chi connectivity index (χ1) is 13.5. The number of rotatable bonds is 5. The van der Waals surface area contributed by atoms with Crippen LogP contribution in [-0.4, -0.2) is 34.5 Å². The molecule has 0 bridgehead atoms. The lowest BCUT2D eigenvalue weighted by molar-refractivity contribution is 0.0783. The number of ether oxygens (including phenoxy) is 1. The number of thiazole rings is 1. The third kappa shape index (κ3) is 3.61. The van der Waals surface area contributed by atoms with E-state index in [9.17, 15) is 4.79 Å². The molecule has 0 spiro atoms. The molecule has 28 heavy (non-hydrogen) atoms. The van der Waals surface area contributed by atoms with Crippen LogP contribution in [0.15, 0.2) is 60.8 Å². The number of benzene rings is 2. The molecule has 0 atom stereocenters. The summed E-state index contributed by atoms with van der Waals surface area (Å²) in [5.41, 5.74) is 3.37. The normalized spacial score (nSPS) is 11.0. The van der Waals surface area contributed by atoms with Gasteiger partial charge in [-0.1, -0.05) is 11.6 Å².